The summed E-state index contributed by atoms with van der Waals surface area (Å²) in [5, 5.41) is 7.42. The van der Waals surface area contributed by atoms with E-state index in [-0.39, 0.29) is 0 Å². The second-order valence-electron chi connectivity index (χ2n) is 5.50. The van der Waals surface area contributed by atoms with Crippen molar-refractivity contribution in [2.45, 2.75) is 43.0 Å². The molecule has 0 aliphatic heterocycles. The fourth-order valence-corrected chi connectivity index (χ4v) is 3.19. The van der Waals surface area contributed by atoms with Gasteiger partial charge in [-0.15, -0.1) is 0 Å². The molecule has 1 aromatic rings. The number of nitrogens with two attached hydrogens (primary N) is 1. The van der Waals surface area contributed by atoms with Gasteiger partial charge in [0.25, 0.3) is 5.91 Å². The molecule has 8 heteroatoms. The maximum atomic E-state index is 14.1. The SMILES string of the molecule is CC1(NC(=O)c2c(F)ccc(S(N)(=O)=O)c2F)CCCC1. The highest BCUT2D eigenvalue weighted by Gasteiger charge is 2.33. The Hall–Kier alpha value is -1.54. The third-order valence-corrected chi connectivity index (χ3v) is 4.64. The van der Waals surface area contributed by atoms with E-state index in [1.165, 1.54) is 0 Å². The van der Waals surface area contributed by atoms with E-state index in [1.807, 2.05) is 0 Å². The molecular formula is C13H16F2N2O3S. The fourth-order valence-electron chi connectivity index (χ4n) is 2.58. The summed E-state index contributed by atoms with van der Waals surface area (Å²) in [6, 6.07) is 1.42. The molecule has 1 aliphatic rings. The van der Waals surface area contributed by atoms with Crippen LogP contribution in [0.15, 0.2) is 17.0 Å². The number of rotatable bonds is 3. The van der Waals surface area contributed by atoms with Crippen LogP contribution in [-0.2, 0) is 10.0 Å². The molecule has 0 heterocycles. The normalized spacial score (nSPS) is 17.7. The van der Waals surface area contributed by atoms with Gasteiger partial charge in [0.2, 0.25) is 10.0 Å². The summed E-state index contributed by atoms with van der Waals surface area (Å²) in [7, 11) is -4.37. The summed E-state index contributed by atoms with van der Waals surface area (Å²) >= 11 is 0. The number of hydrogen-bond acceptors (Lipinski definition) is 3. The summed E-state index contributed by atoms with van der Waals surface area (Å²) in [4.78, 5) is 11.2. The molecule has 1 amide bonds. The Kier molecular flexibility index (Phi) is 4.03. The molecule has 0 spiro atoms. The molecule has 0 unspecified atom stereocenters. The highest BCUT2D eigenvalue weighted by Crippen LogP contribution is 2.30. The van der Waals surface area contributed by atoms with Crippen LogP contribution in [0, 0.1) is 11.6 Å². The standard InChI is InChI=1S/C13H16F2N2O3S/c1-13(6-2-3-7-13)17-12(18)10-8(14)4-5-9(11(10)15)21(16,19)20/h4-5H,2-3,6-7H2,1H3,(H,17,18)(H2,16,19,20). The Labute approximate surface area is 121 Å². The lowest BCUT2D eigenvalue weighted by Crippen LogP contribution is -2.44. The third kappa shape index (κ3) is 3.21. The zero-order chi connectivity index (χ0) is 15.8. The van der Waals surface area contributed by atoms with Crippen molar-refractivity contribution in [2.24, 2.45) is 5.14 Å². The molecule has 1 saturated carbocycles. The summed E-state index contributed by atoms with van der Waals surface area (Å²) in [6.07, 6.45) is 3.24. The van der Waals surface area contributed by atoms with Crippen molar-refractivity contribution < 1.29 is 22.0 Å². The number of halogens is 2. The third-order valence-electron chi connectivity index (χ3n) is 3.71. The molecule has 0 saturated heterocycles. The highest BCUT2D eigenvalue weighted by molar-refractivity contribution is 7.89. The van der Waals surface area contributed by atoms with Crippen molar-refractivity contribution in [2.75, 3.05) is 0 Å². The largest absolute Gasteiger partial charge is 0.347 e. The van der Waals surface area contributed by atoms with E-state index in [0.717, 1.165) is 12.8 Å². The van der Waals surface area contributed by atoms with Gasteiger partial charge in [0, 0.05) is 5.54 Å². The van der Waals surface area contributed by atoms with Gasteiger partial charge in [0.05, 0.1) is 0 Å². The minimum atomic E-state index is -4.37. The maximum absolute atomic E-state index is 14.1. The molecule has 21 heavy (non-hydrogen) atoms. The molecule has 1 aliphatic carbocycles. The Morgan fingerprint density at radius 2 is 1.86 bits per heavy atom. The molecule has 116 valence electrons. The second kappa shape index (κ2) is 5.34. The molecule has 2 rings (SSSR count). The number of primary sulfonamides is 1. The van der Waals surface area contributed by atoms with Crippen LogP contribution in [0.5, 0.6) is 0 Å². The summed E-state index contributed by atoms with van der Waals surface area (Å²) in [5.41, 5.74) is -1.46. The van der Waals surface area contributed by atoms with Gasteiger partial charge >= 0.3 is 0 Å². The van der Waals surface area contributed by atoms with E-state index in [4.69, 9.17) is 5.14 Å². The van der Waals surface area contributed by atoms with Gasteiger partial charge < -0.3 is 5.32 Å². The summed E-state index contributed by atoms with van der Waals surface area (Å²) < 4.78 is 50.3. The van der Waals surface area contributed by atoms with Crippen LogP contribution in [0.25, 0.3) is 0 Å². The summed E-state index contributed by atoms with van der Waals surface area (Å²) in [5.74, 6) is -3.56. The van der Waals surface area contributed by atoms with Crippen molar-refractivity contribution in [1.82, 2.24) is 5.32 Å². The quantitative estimate of drug-likeness (QED) is 0.888. The average Bonchev–Trinajstić information content (AvgIpc) is 2.73. The van der Waals surface area contributed by atoms with Crippen LogP contribution >= 0.6 is 0 Å². The number of benzene rings is 1. The van der Waals surface area contributed by atoms with E-state index in [0.29, 0.717) is 25.0 Å². The first kappa shape index (κ1) is 15.8. The van der Waals surface area contributed by atoms with E-state index >= 15 is 0 Å². The second-order valence-corrected chi connectivity index (χ2v) is 7.03. The van der Waals surface area contributed by atoms with Crippen molar-refractivity contribution in [3.8, 4) is 0 Å². The van der Waals surface area contributed by atoms with Crippen LogP contribution in [0.3, 0.4) is 0 Å². The van der Waals surface area contributed by atoms with Gasteiger partial charge in [-0.2, -0.15) is 0 Å². The van der Waals surface area contributed by atoms with Crippen LogP contribution < -0.4 is 10.5 Å². The molecule has 1 fully saturated rings. The van der Waals surface area contributed by atoms with E-state index in [2.05, 4.69) is 5.32 Å². The minimum absolute atomic E-state index is 0.534. The topological polar surface area (TPSA) is 89.3 Å². The lowest BCUT2D eigenvalue weighted by molar-refractivity contribution is 0.0899. The number of hydrogen-bond donors (Lipinski definition) is 2. The Bertz CT molecular complexity index is 683. The number of amides is 1. The molecule has 0 aromatic heterocycles. The molecule has 0 radical (unpaired) electrons. The van der Waals surface area contributed by atoms with E-state index in [9.17, 15) is 22.0 Å². The Morgan fingerprint density at radius 1 is 1.29 bits per heavy atom. The maximum Gasteiger partial charge on any atom is 0.257 e. The van der Waals surface area contributed by atoms with Gasteiger partial charge in [0.1, 0.15) is 16.3 Å². The molecule has 0 bridgehead atoms. The Morgan fingerprint density at radius 3 is 2.38 bits per heavy atom. The van der Waals surface area contributed by atoms with E-state index < -0.39 is 43.6 Å². The zero-order valence-corrected chi connectivity index (χ0v) is 12.3. The highest BCUT2D eigenvalue weighted by atomic mass is 32.2. The molecule has 0 atom stereocenters. The fraction of sp³-hybridized carbons (Fsp3) is 0.462. The van der Waals surface area contributed by atoms with Crippen LogP contribution in [-0.4, -0.2) is 19.9 Å². The number of carbonyl (C=O) groups excluding carboxylic acids is 1. The van der Waals surface area contributed by atoms with Gasteiger partial charge in [-0.05, 0) is 31.9 Å². The molecule has 3 N–H and O–H groups in total. The monoisotopic (exact) mass is 318 g/mol. The smallest absolute Gasteiger partial charge is 0.257 e. The molecule has 5 nitrogen and oxygen atoms in total. The molecule has 1 aromatic carbocycles. The van der Waals surface area contributed by atoms with Gasteiger partial charge in [-0.1, -0.05) is 12.8 Å². The van der Waals surface area contributed by atoms with Gasteiger partial charge in [0.15, 0.2) is 5.82 Å². The van der Waals surface area contributed by atoms with Gasteiger partial charge in [-0.3, -0.25) is 4.79 Å². The van der Waals surface area contributed by atoms with Crippen LogP contribution in [0.1, 0.15) is 43.0 Å². The first-order valence-corrected chi connectivity index (χ1v) is 8.02. The minimum Gasteiger partial charge on any atom is -0.347 e. The average molecular weight is 318 g/mol. The first-order valence-electron chi connectivity index (χ1n) is 6.47. The predicted molar refractivity (Wildman–Crippen MR) is 72.1 cm³/mol. The van der Waals surface area contributed by atoms with Gasteiger partial charge in [-0.25, -0.2) is 22.3 Å². The number of nitrogens with one attached hydrogen (secondary N) is 1. The lowest BCUT2D eigenvalue weighted by Gasteiger charge is -2.25. The number of carbonyl (C=O) groups is 1. The van der Waals surface area contributed by atoms with E-state index in [1.54, 1.807) is 6.92 Å². The van der Waals surface area contributed by atoms with Crippen molar-refractivity contribution in [1.29, 1.82) is 0 Å². The lowest BCUT2D eigenvalue weighted by atomic mass is 10.00. The molecular weight excluding hydrogens is 302 g/mol. The van der Waals surface area contributed by atoms with Crippen molar-refractivity contribution in [3.63, 3.8) is 0 Å². The van der Waals surface area contributed by atoms with Crippen molar-refractivity contribution >= 4 is 15.9 Å². The predicted octanol–water partition coefficient (Wildman–Crippen LogP) is 1.67. The van der Waals surface area contributed by atoms with Crippen LogP contribution in [0.4, 0.5) is 8.78 Å². The summed E-state index contributed by atoms with van der Waals surface area (Å²) in [6.45, 7) is 1.79. The van der Waals surface area contributed by atoms with Crippen molar-refractivity contribution in [3.05, 3.63) is 29.3 Å². The Balaban J connectivity index is 2.41. The zero-order valence-electron chi connectivity index (χ0n) is 11.4. The first-order chi connectivity index (χ1) is 9.64. The van der Waals surface area contributed by atoms with Crippen LogP contribution in [0.2, 0.25) is 0 Å². The number of sulfonamides is 1.